The number of hydrogen-bond acceptors (Lipinski definition) is 5. The maximum Gasteiger partial charge on any atom is 0.252 e. The van der Waals surface area contributed by atoms with Gasteiger partial charge in [-0.25, -0.2) is 4.68 Å². The van der Waals surface area contributed by atoms with E-state index in [9.17, 15) is 9.59 Å². The van der Waals surface area contributed by atoms with Crippen LogP contribution >= 0.6 is 0 Å². The van der Waals surface area contributed by atoms with Gasteiger partial charge in [-0.2, -0.15) is 5.10 Å². The molecule has 0 atom stereocenters. The van der Waals surface area contributed by atoms with Crippen LogP contribution in [0.1, 0.15) is 23.7 Å². The molecule has 8 nitrogen and oxygen atoms in total. The molecule has 8 heteroatoms. The van der Waals surface area contributed by atoms with E-state index in [0.717, 1.165) is 27.9 Å². The van der Waals surface area contributed by atoms with Gasteiger partial charge in [0.1, 0.15) is 23.7 Å². The van der Waals surface area contributed by atoms with Gasteiger partial charge in [0.05, 0.1) is 31.3 Å². The fourth-order valence-corrected chi connectivity index (χ4v) is 4.08. The first-order valence-electron chi connectivity index (χ1n) is 11.1. The highest BCUT2D eigenvalue weighted by Gasteiger charge is 2.20. The maximum absolute atomic E-state index is 13.2. The van der Waals surface area contributed by atoms with E-state index >= 15 is 0 Å². The van der Waals surface area contributed by atoms with E-state index in [2.05, 4.69) is 5.32 Å². The van der Waals surface area contributed by atoms with Gasteiger partial charge in [-0.15, -0.1) is 0 Å². The number of carbonyl (C=O) groups is 1. The van der Waals surface area contributed by atoms with Crippen LogP contribution in [0.4, 0.5) is 5.69 Å². The molecule has 0 bridgehead atoms. The van der Waals surface area contributed by atoms with Crippen molar-refractivity contribution in [2.45, 2.75) is 33.7 Å². The molecular formula is C26H28N4O4. The molecular weight excluding hydrogens is 432 g/mol. The Labute approximate surface area is 197 Å². The molecule has 176 valence electrons. The van der Waals surface area contributed by atoms with Gasteiger partial charge in [0.2, 0.25) is 5.91 Å². The van der Waals surface area contributed by atoms with Gasteiger partial charge in [0.15, 0.2) is 0 Å². The Hall–Kier alpha value is -4.07. The van der Waals surface area contributed by atoms with Crippen LogP contribution in [0.3, 0.4) is 0 Å². The third-order valence-corrected chi connectivity index (χ3v) is 5.82. The summed E-state index contributed by atoms with van der Waals surface area (Å²) in [5, 5.41) is 8.46. The summed E-state index contributed by atoms with van der Waals surface area (Å²) < 4.78 is 13.8. The molecule has 1 N–H and O–H groups in total. The Morgan fingerprint density at radius 3 is 2.41 bits per heavy atom. The van der Waals surface area contributed by atoms with E-state index in [1.54, 1.807) is 36.1 Å². The van der Waals surface area contributed by atoms with E-state index in [4.69, 9.17) is 14.6 Å². The standard InChI is InChI=1S/C26H28N4O4/c1-6-18-13-24(32)29(15-23(31)27-21-12-11-20(33-4)14-22(21)34-5)26-25(18)17(3)28-30(26)19-9-7-16(2)8-10-19/h7-14H,6,15H2,1-5H3,(H,27,31). The number of amides is 1. The van der Waals surface area contributed by atoms with Gasteiger partial charge >= 0.3 is 0 Å². The third kappa shape index (κ3) is 4.26. The topological polar surface area (TPSA) is 87.4 Å². The number of aromatic nitrogens is 3. The average Bonchev–Trinajstić information content (AvgIpc) is 3.18. The van der Waals surface area contributed by atoms with E-state index in [1.807, 2.05) is 45.0 Å². The van der Waals surface area contributed by atoms with Crippen molar-refractivity contribution < 1.29 is 14.3 Å². The second kappa shape index (κ2) is 9.43. The summed E-state index contributed by atoms with van der Waals surface area (Å²) in [6.45, 7) is 5.76. The molecule has 0 aliphatic heterocycles. The molecule has 4 rings (SSSR count). The van der Waals surface area contributed by atoms with Crippen molar-refractivity contribution in [2.75, 3.05) is 19.5 Å². The lowest BCUT2D eigenvalue weighted by atomic mass is 10.1. The fraction of sp³-hybridized carbons (Fsp3) is 0.269. The lowest BCUT2D eigenvalue weighted by molar-refractivity contribution is -0.116. The molecule has 2 aromatic carbocycles. The van der Waals surface area contributed by atoms with Gasteiger partial charge in [0.25, 0.3) is 5.56 Å². The van der Waals surface area contributed by atoms with Crippen molar-refractivity contribution in [2.24, 2.45) is 0 Å². The zero-order chi connectivity index (χ0) is 24.4. The minimum atomic E-state index is -0.356. The first kappa shape index (κ1) is 23.1. The summed E-state index contributed by atoms with van der Waals surface area (Å²) in [7, 11) is 3.08. The quantitative estimate of drug-likeness (QED) is 0.450. The summed E-state index contributed by atoms with van der Waals surface area (Å²) >= 11 is 0. The summed E-state index contributed by atoms with van der Waals surface area (Å²) in [5.74, 6) is 0.720. The van der Waals surface area contributed by atoms with Crippen LogP contribution in [0.2, 0.25) is 0 Å². The number of benzene rings is 2. The van der Waals surface area contributed by atoms with Crippen LogP contribution in [-0.2, 0) is 17.8 Å². The molecule has 0 saturated heterocycles. The second-order valence-electron chi connectivity index (χ2n) is 8.09. The predicted octanol–water partition coefficient (Wildman–Crippen LogP) is 4.02. The minimum Gasteiger partial charge on any atom is -0.497 e. The normalized spacial score (nSPS) is 11.0. The molecule has 1 amide bonds. The predicted molar refractivity (Wildman–Crippen MR) is 132 cm³/mol. The number of anilines is 1. The largest absolute Gasteiger partial charge is 0.497 e. The van der Waals surface area contributed by atoms with Gasteiger partial charge in [-0.1, -0.05) is 24.6 Å². The van der Waals surface area contributed by atoms with E-state index in [0.29, 0.717) is 29.3 Å². The summed E-state index contributed by atoms with van der Waals surface area (Å²) in [6, 6.07) is 14.6. The molecule has 2 heterocycles. The monoisotopic (exact) mass is 460 g/mol. The van der Waals surface area contributed by atoms with Crippen molar-refractivity contribution in [3.8, 4) is 17.2 Å². The lowest BCUT2D eigenvalue weighted by Gasteiger charge is -2.15. The number of carbonyl (C=O) groups excluding carboxylic acids is 1. The first-order chi connectivity index (χ1) is 16.4. The summed E-state index contributed by atoms with van der Waals surface area (Å²) in [4.78, 5) is 26.2. The van der Waals surface area contributed by atoms with Gasteiger partial charge < -0.3 is 14.8 Å². The lowest BCUT2D eigenvalue weighted by Crippen LogP contribution is -2.29. The molecule has 0 spiro atoms. The number of fused-ring (bicyclic) bond motifs is 1. The highest BCUT2D eigenvalue weighted by molar-refractivity contribution is 5.93. The molecule has 0 aliphatic rings. The fourth-order valence-electron chi connectivity index (χ4n) is 4.08. The molecule has 0 aliphatic carbocycles. The highest BCUT2D eigenvalue weighted by atomic mass is 16.5. The molecule has 4 aromatic rings. The second-order valence-corrected chi connectivity index (χ2v) is 8.09. The average molecular weight is 461 g/mol. The van der Waals surface area contributed by atoms with Crippen LogP contribution in [0.5, 0.6) is 11.5 Å². The SMILES string of the molecule is CCc1cc(=O)n(CC(=O)Nc2ccc(OC)cc2OC)c2c1c(C)nn2-c1ccc(C)cc1. The van der Waals surface area contributed by atoms with Crippen molar-refractivity contribution >= 4 is 22.6 Å². The minimum absolute atomic E-state index is 0.175. The van der Waals surface area contributed by atoms with Crippen LogP contribution in [0, 0.1) is 13.8 Å². The van der Waals surface area contributed by atoms with Gasteiger partial charge in [-0.05, 0) is 50.1 Å². The third-order valence-electron chi connectivity index (χ3n) is 5.82. The van der Waals surface area contributed by atoms with Crippen molar-refractivity contribution in [3.63, 3.8) is 0 Å². The van der Waals surface area contributed by atoms with Gasteiger partial charge in [-0.3, -0.25) is 14.2 Å². The van der Waals surface area contributed by atoms with E-state index < -0.39 is 0 Å². The Morgan fingerprint density at radius 2 is 1.76 bits per heavy atom. The molecule has 34 heavy (non-hydrogen) atoms. The number of hydrogen-bond donors (Lipinski definition) is 1. The van der Waals surface area contributed by atoms with Crippen molar-refractivity contribution in [3.05, 3.63) is 75.7 Å². The highest BCUT2D eigenvalue weighted by Crippen LogP contribution is 2.29. The number of rotatable bonds is 7. The van der Waals surface area contributed by atoms with E-state index in [-0.39, 0.29) is 18.0 Å². The Balaban J connectivity index is 1.79. The Morgan fingerprint density at radius 1 is 1.03 bits per heavy atom. The maximum atomic E-state index is 13.2. The smallest absolute Gasteiger partial charge is 0.252 e. The van der Waals surface area contributed by atoms with Crippen LogP contribution in [-0.4, -0.2) is 34.5 Å². The Bertz CT molecular complexity index is 1420. The zero-order valence-corrected chi connectivity index (χ0v) is 20.0. The summed E-state index contributed by atoms with van der Waals surface area (Å²) in [6.07, 6.45) is 0.683. The van der Waals surface area contributed by atoms with Crippen LogP contribution in [0.15, 0.2) is 53.3 Å². The number of aryl methyl sites for hydroxylation is 3. The number of ether oxygens (including phenoxy) is 2. The molecule has 0 radical (unpaired) electrons. The summed E-state index contributed by atoms with van der Waals surface area (Å²) in [5.41, 5.74) is 4.49. The number of methoxy groups -OCH3 is 2. The van der Waals surface area contributed by atoms with Gasteiger partial charge in [0, 0.05) is 17.5 Å². The molecule has 0 fully saturated rings. The number of nitrogens with one attached hydrogen (secondary N) is 1. The Kier molecular flexibility index (Phi) is 6.40. The molecule has 0 saturated carbocycles. The first-order valence-corrected chi connectivity index (χ1v) is 11.1. The van der Waals surface area contributed by atoms with Crippen LogP contribution in [0.25, 0.3) is 16.7 Å². The van der Waals surface area contributed by atoms with Crippen LogP contribution < -0.4 is 20.3 Å². The molecule has 0 unspecified atom stereocenters. The zero-order valence-electron chi connectivity index (χ0n) is 20.0. The number of pyridine rings is 1. The van der Waals surface area contributed by atoms with Crippen molar-refractivity contribution in [1.29, 1.82) is 0 Å². The number of nitrogens with zero attached hydrogens (tertiary/aromatic N) is 3. The molecule has 2 aromatic heterocycles. The van der Waals surface area contributed by atoms with Crippen molar-refractivity contribution in [1.82, 2.24) is 14.3 Å². The van der Waals surface area contributed by atoms with E-state index in [1.165, 1.54) is 11.7 Å².